The lowest BCUT2D eigenvalue weighted by Gasteiger charge is -2.04. The second-order valence-electron chi connectivity index (χ2n) is 3.33. The van der Waals surface area contributed by atoms with Crippen LogP contribution in [0.5, 0.6) is 5.75 Å². The van der Waals surface area contributed by atoms with E-state index in [1.165, 1.54) is 38.5 Å². The number of rotatable bonds is 5. The Morgan fingerprint density at radius 2 is 2.17 bits per heavy atom. The zero-order chi connectivity index (χ0) is 13.5. The van der Waals surface area contributed by atoms with Crippen molar-refractivity contribution in [3.8, 4) is 5.75 Å². The number of hydrogen-bond donors (Lipinski definition) is 0. The molecule has 0 atom stereocenters. The smallest absolute Gasteiger partial charge is 0.309 e. The lowest BCUT2D eigenvalue weighted by molar-refractivity contribution is -0.385. The standard InChI is InChI=1S/C12H13NO5/c1-17-11-7-4-6-10(13(15)16)9(11)5-3-8-12(14)18-2/h3-7H,8H2,1-2H3. The molecule has 0 aromatic heterocycles. The van der Waals surface area contributed by atoms with Gasteiger partial charge in [0, 0.05) is 6.07 Å². The van der Waals surface area contributed by atoms with Crippen LogP contribution >= 0.6 is 0 Å². The maximum atomic E-state index is 10.9. The average Bonchev–Trinajstić information content (AvgIpc) is 2.38. The van der Waals surface area contributed by atoms with Crippen LogP contribution in [0, 0.1) is 10.1 Å². The van der Waals surface area contributed by atoms with E-state index in [2.05, 4.69) is 4.74 Å². The molecule has 96 valence electrons. The summed E-state index contributed by atoms with van der Waals surface area (Å²) in [7, 11) is 2.71. The molecule has 0 saturated carbocycles. The van der Waals surface area contributed by atoms with Crippen LogP contribution in [0.2, 0.25) is 0 Å². The largest absolute Gasteiger partial charge is 0.496 e. The third-order valence-corrected chi connectivity index (χ3v) is 2.26. The molecule has 0 N–H and O–H groups in total. The first-order valence-electron chi connectivity index (χ1n) is 5.15. The normalized spacial score (nSPS) is 10.3. The average molecular weight is 251 g/mol. The van der Waals surface area contributed by atoms with E-state index in [4.69, 9.17) is 4.74 Å². The third-order valence-electron chi connectivity index (χ3n) is 2.26. The van der Waals surface area contributed by atoms with Crippen LogP contribution in [0.3, 0.4) is 0 Å². The van der Waals surface area contributed by atoms with E-state index >= 15 is 0 Å². The highest BCUT2D eigenvalue weighted by Gasteiger charge is 2.15. The number of nitro groups is 1. The number of esters is 1. The monoisotopic (exact) mass is 251 g/mol. The van der Waals surface area contributed by atoms with Crippen LogP contribution in [0.25, 0.3) is 6.08 Å². The summed E-state index contributed by atoms with van der Waals surface area (Å²) in [5, 5.41) is 10.9. The van der Waals surface area contributed by atoms with Crippen molar-refractivity contribution in [2.75, 3.05) is 14.2 Å². The lowest BCUT2D eigenvalue weighted by Crippen LogP contribution is -1.97. The molecule has 1 aromatic rings. The number of benzene rings is 1. The van der Waals surface area contributed by atoms with Crippen molar-refractivity contribution < 1.29 is 19.2 Å². The second kappa shape index (κ2) is 6.39. The van der Waals surface area contributed by atoms with Crippen molar-refractivity contribution in [3.05, 3.63) is 40.0 Å². The molecule has 0 unspecified atom stereocenters. The molecule has 6 nitrogen and oxygen atoms in total. The van der Waals surface area contributed by atoms with Crippen molar-refractivity contribution in [1.29, 1.82) is 0 Å². The maximum absolute atomic E-state index is 10.9. The molecule has 1 rings (SSSR count). The van der Waals surface area contributed by atoms with Crippen molar-refractivity contribution in [2.45, 2.75) is 6.42 Å². The van der Waals surface area contributed by atoms with Crippen LogP contribution in [0.15, 0.2) is 24.3 Å². The van der Waals surface area contributed by atoms with Gasteiger partial charge in [-0.3, -0.25) is 14.9 Å². The summed E-state index contributed by atoms with van der Waals surface area (Å²) in [5.74, 6) is -0.0332. The summed E-state index contributed by atoms with van der Waals surface area (Å²) >= 11 is 0. The zero-order valence-electron chi connectivity index (χ0n) is 10.1. The predicted octanol–water partition coefficient (Wildman–Crippen LogP) is 2.18. The summed E-state index contributed by atoms with van der Waals surface area (Å²) in [6.07, 6.45) is 3.02. The minimum Gasteiger partial charge on any atom is -0.496 e. The van der Waals surface area contributed by atoms with E-state index in [9.17, 15) is 14.9 Å². The van der Waals surface area contributed by atoms with Crippen molar-refractivity contribution in [3.63, 3.8) is 0 Å². The highest BCUT2D eigenvalue weighted by molar-refractivity contribution is 5.74. The van der Waals surface area contributed by atoms with Crippen LogP contribution in [-0.4, -0.2) is 25.1 Å². The minimum absolute atomic E-state index is 0.0473. The number of hydrogen-bond acceptors (Lipinski definition) is 5. The van der Waals surface area contributed by atoms with E-state index in [1.54, 1.807) is 6.07 Å². The molecule has 0 aliphatic carbocycles. The van der Waals surface area contributed by atoms with Gasteiger partial charge in [0.1, 0.15) is 5.75 Å². The third kappa shape index (κ3) is 3.31. The Hall–Kier alpha value is -2.37. The quantitative estimate of drug-likeness (QED) is 0.455. The Morgan fingerprint density at radius 3 is 2.72 bits per heavy atom. The van der Waals surface area contributed by atoms with Gasteiger partial charge < -0.3 is 9.47 Å². The highest BCUT2D eigenvalue weighted by atomic mass is 16.6. The molecule has 0 radical (unpaired) electrons. The molecule has 18 heavy (non-hydrogen) atoms. The van der Waals surface area contributed by atoms with Gasteiger partial charge in [-0.25, -0.2) is 0 Å². The topological polar surface area (TPSA) is 78.7 Å². The number of nitro benzene ring substituents is 1. The van der Waals surface area contributed by atoms with Gasteiger partial charge >= 0.3 is 5.97 Å². The van der Waals surface area contributed by atoms with Crippen LogP contribution in [-0.2, 0) is 9.53 Å². The molecule has 0 spiro atoms. The van der Waals surface area contributed by atoms with Gasteiger partial charge in [-0.15, -0.1) is 0 Å². The molecule has 0 saturated heterocycles. The number of carbonyl (C=O) groups excluding carboxylic acids is 1. The first-order chi connectivity index (χ1) is 8.60. The Balaban J connectivity index is 3.05. The molecule has 0 aliphatic heterocycles. The molecule has 0 amide bonds. The van der Waals surface area contributed by atoms with Crippen LogP contribution < -0.4 is 4.74 Å². The van der Waals surface area contributed by atoms with E-state index in [0.717, 1.165) is 0 Å². The SMILES string of the molecule is COC(=O)CC=Cc1c(OC)cccc1[N+](=O)[O-]. The van der Waals surface area contributed by atoms with E-state index in [1.807, 2.05) is 0 Å². The lowest BCUT2D eigenvalue weighted by atomic mass is 10.1. The summed E-state index contributed by atoms with van der Waals surface area (Å²) in [5.41, 5.74) is 0.254. The minimum atomic E-state index is -0.500. The van der Waals surface area contributed by atoms with Gasteiger partial charge in [0.2, 0.25) is 0 Å². The summed E-state index contributed by atoms with van der Waals surface area (Å²) in [6.45, 7) is 0. The fourth-order valence-corrected chi connectivity index (χ4v) is 1.39. The fraction of sp³-hybridized carbons (Fsp3) is 0.250. The zero-order valence-corrected chi connectivity index (χ0v) is 10.1. The van der Waals surface area contributed by atoms with Gasteiger partial charge in [-0.1, -0.05) is 12.1 Å². The Kier molecular flexibility index (Phi) is 4.86. The van der Waals surface area contributed by atoms with Crippen molar-refractivity contribution in [1.82, 2.24) is 0 Å². The predicted molar refractivity (Wildman–Crippen MR) is 65.3 cm³/mol. The molecule has 0 bridgehead atoms. The number of ether oxygens (including phenoxy) is 2. The molecule has 0 aliphatic rings. The van der Waals surface area contributed by atoms with Gasteiger partial charge in [-0.2, -0.15) is 0 Å². The molecule has 1 aromatic carbocycles. The van der Waals surface area contributed by atoms with E-state index < -0.39 is 10.9 Å². The Bertz CT molecular complexity index is 481. The Labute approximate surface area is 104 Å². The van der Waals surface area contributed by atoms with Crippen LogP contribution in [0.1, 0.15) is 12.0 Å². The highest BCUT2D eigenvalue weighted by Crippen LogP contribution is 2.29. The summed E-state index contributed by atoms with van der Waals surface area (Å²) in [6, 6.07) is 4.53. The van der Waals surface area contributed by atoms with Crippen molar-refractivity contribution >= 4 is 17.7 Å². The first-order valence-corrected chi connectivity index (χ1v) is 5.15. The molecule has 0 fully saturated rings. The van der Waals surface area contributed by atoms with Gasteiger partial charge in [0.25, 0.3) is 5.69 Å². The summed E-state index contributed by atoms with van der Waals surface area (Å²) in [4.78, 5) is 21.3. The molecular formula is C12H13NO5. The van der Waals surface area contributed by atoms with Gasteiger partial charge in [0.05, 0.1) is 31.1 Å². The number of methoxy groups -OCH3 is 2. The molecule has 0 heterocycles. The van der Waals surface area contributed by atoms with Gasteiger partial charge in [0.15, 0.2) is 0 Å². The Morgan fingerprint density at radius 1 is 1.44 bits per heavy atom. The molecule has 6 heteroatoms. The first kappa shape index (κ1) is 13.7. The van der Waals surface area contributed by atoms with Crippen LogP contribution in [0.4, 0.5) is 5.69 Å². The maximum Gasteiger partial charge on any atom is 0.309 e. The number of nitrogens with zero attached hydrogens (tertiary/aromatic N) is 1. The van der Waals surface area contributed by atoms with E-state index in [-0.39, 0.29) is 12.1 Å². The van der Waals surface area contributed by atoms with E-state index in [0.29, 0.717) is 11.3 Å². The number of carbonyl (C=O) groups is 1. The van der Waals surface area contributed by atoms with Gasteiger partial charge in [-0.05, 0) is 12.1 Å². The fourth-order valence-electron chi connectivity index (χ4n) is 1.39. The second-order valence-corrected chi connectivity index (χ2v) is 3.33. The molecular weight excluding hydrogens is 238 g/mol. The van der Waals surface area contributed by atoms with Crippen molar-refractivity contribution in [2.24, 2.45) is 0 Å². The summed E-state index contributed by atoms with van der Waals surface area (Å²) < 4.78 is 9.52.